The lowest BCUT2D eigenvalue weighted by Crippen LogP contribution is -2.41. The molecule has 0 fully saturated rings. The van der Waals surface area contributed by atoms with Crippen LogP contribution in [0.1, 0.15) is 43.5 Å². The summed E-state index contributed by atoms with van der Waals surface area (Å²) in [6.07, 6.45) is 1.91. The van der Waals surface area contributed by atoms with E-state index < -0.39 is 0 Å². The first kappa shape index (κ1) is 24.5. The summed E-state index contributed by atoms with van der Waals surface area (Å²) in [5.74, 6) is 1.88. The van der Waals surface area contributed by atoms with E-state index in [4.69, 9.17) is 14.2 Å². The maximum atomic E-state index is 13.1. The van der Waals surface area contributed by atoms with E-state index in [0.29, 0.717) is 60.2 Å². The van der Waals surface area contributed by atoms with Gasteiger partial charge in [-0.1, -0.05) is 19.9 Å². The molecule has 0 radical (unpaired) electrons. The van der Waals surface area contributed by atoms with Crippen molar-refractivity contribution in [3.63, 3.8) is 0 Å². The van der Waals surface area contributed by atoms with Gasteiger partial charge in [-0.25, -0.2) is 9.79 Å². The van der Waals surface area contributed by atoms with Crippen molar-refractivity contribution in [3.8, 4) is 17.4 Å². The van der Waals surface area contributed by atoms with Gasteiger partial charge in [0.1, 0.15) is 12.4 Å². The molecule has 0 saturated heterocycles. The standard InChI is InChI=1S/C26H29N5O6/c1-4-8-30-24-18(25(33)31(9-5-2)26(30)34)12-19(27-24)20-13-23(28-29(20)3)35-14-17(32)10-16-6-7-21-22(11-16)37-15-36-21/h6-7,11,13H,4-5,8-10,12,14-15H2,1-3H3. The second-order valence-electron chi connectivity index (χ2n) is 9.11. The van der Waals surface area contributed by atoms with Crippen molar-refractivity contribution in [2.24, 2.45) is 12.0 Å². The molecule has 11 nitrogen and oxygen atoms in total. The van der Waals surface area contributed by atoms with Gasteiger partial charge in [0.05, 0.1) is 17.0 Å². The maximum absolute atomic E-state index is 13.1. The minimum absolute atomic E-state index is 0.114. The number of ether oxygens (including phenoxy) is 3. The molecule has 2 aliphatic heterocycles. The first-order valence-corrected chi connectivity index (χ1v) is 12.4. The number of ketones is 1. The molecule has 4 heterocycles. The van der Waals surface area contributed by atoms with Gasteiger partial charge in [0, 0.05) is 39.0 Å². The van der Waals surface area contributed by atoms with Gasteiger partial charge in [-0.05, 0) is 30.5 Å². The van der Waals surface area contributed by atoms with Crippen molar-refractivity contribution in [1.82, 2.24) is 18.9 Å². The fourth-order valence-electron chi connectivity index (χ4n) is 4.62. The summed E-state index contributed by atoms with van der Waals surface area (Å²) < 4.78 is 20.8. The van der Waals surface area contributed by atoms with Gasteiger partial charge in [-0.15, -0.1) is 5.10 Å². The number of Topliss-reactive ketones (excluding diaryl/α,β-unsaturated/α-hetero) is 1. The minimum Gasteiger partial charge on any atom is -0.469 e. The smallest absolute Gasteiger partial charge is 0.332 e. The highest BCUT2D eigenvalue weighted by Crippen LogP contribution is 2.32. The number of benzene rings is 1. The average molecular weight is 508 g/mol. The normalized spacial score (nSPS) is 13.5. The van der Waals surface area contributed by atoms with Crippen molar-refractivity contribution in [1.29, 1.82) is 0 Å². The summed E-state index contributed by atoms with van der Waals surface area (Å²) >= 11 is 0. The molecule has 194 valence electrons. The molecule has 37 heavy (non-hydrogen) atoms. The molecule has 2 aromatic heterocycles. The number of carbonyl (C=O) groups is 1. The lowest BCUT2D eigenvalue weighted by atomic mass is 10.1. The third kappa shape index (κ3) is 4.68. The topological polar surface area (TPSA) is 119 Å². The van der Waals surface area contributed by atoms with Crippen LogP contribution >= 0.6 is 0 Å². The molecule has 0 bridgehead atoms. The van der Waals surface area contributed by atoms with Crippen LogP contribution < -0.4 is 25.5 Å². The highest BCUT2D eigenvalue weighted by Gasteiger charge is 2.27. The summed E-state index contributed by atoms with van der Waals surface area (Å²) in [4.78, 5) is 43.2. The molecular weight excluding hydrogens is 478 g/mol. The van der Waals surface area contributed by atoms with E-state index in [2.05, 4.69) is 10.1 Å². The largest absolute Gasteiger partial charge is 0.469 e. The summed E-state index contributed by atoms with van der Waals surface area (Å²) in [6.45, 7) is 4.80. The van der Waals surface area contributed by atoms with Crippen LogP contribution in [0.15, 0.2) is 38.8 Å². The molecule has 0 amide bonds. The Hall–Kier alpha value is -4.15. The molecule has 2 aliphatic rings. The number of fused-ring (bicyclic) bond motifs is 2. The average Bonchev–Trinajstić information content (AvgIpc) is 3.61. The molecule has 5 rings (SSSR count). The van der Waals surface area contributed by atoms with E-state index in [0.717, 1.165) is 12.0 Å². The van der Waals surface area contributed by atoms with Crippen molar-refractivity contribution in [2.45, 2.75) is 52.6 Å². The Morgan fingerprint density at radius 3 is 2.59 bits per heavy atom. The highest BCUT2D eigenvalue weighted by molar-refractivity contribution is 6.05. The highest BCUT2D eigenvalue weighted by atomic mass is 16.7. The molecular formula is C26H29N5O6. The van der Waals surface area contributed by atoms with Gasteiger partial charge >= 0.3 is 5.69 Å². The number of carbonyl (C=O) groups excluding carboxylic acids is 1. The zero-order valence-corrected chi connectivity index (χ0v) is 21.2. The summed E-state index contributed by atoms with van der Waals surface area (Å²) in [6, 6.07) is 7.11. The monoisotopic (exact) mass is 507 g/mol. The van der Waals surface area contributed by atoms with Crippen LogP contribution in [0, 0.1) is 0 Å². The third-order valence-corrected chi connectivity index (χ3v) is 6.34. The summed E-state index contributed by atoms with van der Waals surface area (Å²) in [5, 5.41) is 4.36. The van der Waals surface area contributed by atoms with Crippen LogP contribution in [0.4, 0.5) is 5.82 Å². The lowest BCUT2D eigenvalue weighted by molar-refractivity contribution is -0.120. The predicted molar refractivity (Wildman–Crippen MR) is 135 cm³/mol. The molecule has 1 aromatic carbocycles. The Bertz CT molecular complexity index is 1510. The summed E-state index contributed by atoms with van der Waals surface area (Å²) in [5.41, 5.74) is 1.99. The van der Waals surface area contributed by atoms with Gasteiger partial charge < -0.3 is 14.2 Å². The second-order valence-corrected chi connectivity index (χ2v) is 9.11. The molecule has 0 atom stereocenters. The number of aromatic nitrogens is 4. The van der Waals surface area contributed by atoms with Crippen LogP contribution in [-0.4, -0.2) is 43.8 Å². The maximum Gasteiger partial charge on any atom is 0.332 e. The zero-order chi connectivity index (χ0) is 26.1. The van der Waals surface area contributed by atoms with E-state index in [1.54, 1.807) is 34.5 Å². The number of aryl methyl sites for hydroxylation is 1. The Labute approximate surface area is 212 Å². The van der Waals surface area contributed by atoms with Crippen molar-refractivity contribution in [3.05, 3.63) is 61.9 Å². The minimum atomic E-state index is -0.326. The zero-order valence-electron chi connectivity index (χ0n) is 21.2. The van der Waals surface area contributed by atoms with Gasteiger partial charge in [-0.2, -0.15) is 0 Å². The van der Waals surface area contributed by atoms with Crippen LogP contribution in [0.2, 0.25) is 0 Å². The van der Waals surface area contributed by atoms with Crippen molar-refractivity contribution < 1.29 is 19.0 Å². The van der Waals surface area contributed by atoms with E-state index in [1.165, 1.54) is 4.57 Å². The van der Waals surface area contributed by atoms with E-state index in [1.807, 2.05) is 19.9 Å². The molecule has 0 saturated carbocycles. The fraction of sp³-hybridized carbons (Fsp3) is 0.423. The predicted octanol–water partition coefficient (Wildman–Crippen LogP) is 2.16. The number of hydrogen-bond acceptors (Lipinski definition) is 8. The number of rotatable bonds is 10. The number of nitrogens with zero attached hydrogens (tertiary/aromatic N) is 5. The van der Waals surface area contributed by atoms with E-state index >= 15 is 0 Å². The Morgan fingerprint density at radius 1 is 1.05 bits per heavy atom. The summed E-state index contributed by atoms with van der Waals surface area (Å²) in [7, 11) is 1.75. The van der Waals surface area contributed by atoms with Crippen LogP contribution in [0.3, 0.4) is 0 Å². The second kappa shape index (κ2) is 10.1. The fourth-order valence-corrected chi connectivity index (χ4v) is 4.62. The first-order valence-electron chi connectivity index (χ1n) is 12.4. The van der Waals surface area contributed by atoms with E-state index in [9.17, 15) is 14.4 Å². The van der Waals surface area contributed by atoms with Gasteiger partial charge in [0.25, 0.3) is 5.56 Å². The van der Waals surface area contributed by atoms with Gasteiger partial charge in [-0.3, -0.25) is 23.4 Å². The molecule has 11 heteroatoms. The molecule has 0 spiro atoms. The Kier molecular flexibility index (Phi) is 6.68. The van der Waals surface area contributed by atoms with Crippen LogP contribution in [0.25, 0.3) is 0 Å². The van der Waals surface area contributed by atoms with Crippen molar-refractivity contribution >= 4 is 17.3 Å². The Morgan fingerprint density at radius 2 is 1.81 bits per heavy atom. The number of aliphatic imine (C=N–C) groups is 1. The van der Waals surface area contributed by atoms with Gasteiger partial charge in [0.2, 0.25) is 12.7 Å². The lowest BCUT2D eigenvalue weighted by Gasteiger charge is -2.12. The van der Waals surface area contributed by atoms with Gasteiger partial charge in [0.15, 0.2) is 17.3 Å². The van der Waals surface area contributed by atoms with Crippen LogP contribution in [0.5, 0.6) is 17.4 Å². The van der Waals surface area contributed by atoms with E-state index in [-0.39, 0.29) is 42.7 Å². The molecule has 0 aliphatic carbocycles. The first-order chi connectivity index (χ1) is 17.9. The Balaban J connectivity index is 1.31. The molecule has 3 aromatic rings. The molecule has 0 unspecified atom stereocenters. The SMILES string of the molecule is CCCn1c2c(c(=O)n(CCC)c1=O)CC(c1cc(OCC(=O)Cc3ccc4c(c3)OCO4)nn1C)=N2. The number of hydrogen-bond donors (Lipinski definition) is 0. The van der Waals surface area contributed by atoms with Crippen LogP contribution in [-0.2, 0) is 37.8 Å². The quantitative estimate of drug-likeness (QED) is 0.413. The third-order valence-electron chi connectivity index (χ3n) is 6.34. The van der Waals surface area contributed by atoms with Crippen molar-refractivity contribution in [2.75, 3.05) is 13.4 Å². The molecule has 0 N–H and O–H groups in total.